The first-order chi connectivity index (χ1) is 6.15. The van der Waals surface area contributed by atoms with E-state index >= 15 is 0 Å². The molecule has 1 saturated heterocycles. The number of hydrogen-bond donors (Lipinski definition) is 1. The average Bonchev–Trinajstić information content (AvgIpc) is 1.90. The molecule has 0 aromatic carbocycles. The lowest BCUT2D eigenvalue weighted by atomic mass is 9.55. The van der Waals surface area contributed by atoms with Crippen LogP contribution in [-0.4, -0.2) is 31.1 Å². The van der Waals surface area contributed by atoms with Gasteiger partial charge in [-0.3, -0.25) is 0 Å². The highest BCUT2D eigenvalue weighted by molar-refractivity contribution is 5.04. The van der Waals surface area contributed by atoms with Crippen LogP contribution in [0.15, 0.2) is 0 Å². The largest absolute Gasteiger partial charge is 0.329 e. The van der Waals surface area contributed by atoms with E-state index in [0.717, 1.165) is 30.3 Å². The molecule has 1 spiro atoms. The molecule has 2 N–H and O–H groups in total. The van der Waals surface area contributed by atoms with E-state index in [9.17, 15) is 0 Å². The maximum atomic E-state index is 5.52. The molecule has 0 unspecified atom stereocenters. The Kier molecular flexibility index (Phi) is 2.37. The number of rotatable bonds is 3. The molecular formula is C11H22N2. The second kappa shape index (κ2) is 3.25. The van der Waals surface area contributed by atoms with E-state index in [0.29, 0.717) is 0 Å². The molecule has 0 amide bonds. The van der Waals surface area contributed by atoms with Crippen LogP contribution in [0.1, 0.15) is 26.7 Å². The minimum Gasteiger partial charge on any atom is -0.329 e. The van der Waals surface area contributed by atoms with Gasteiger partial charge in [0.2, 0.25) is 0 Å². The minimum atomic E-state index is 0.740. The summed E-state index contributed by atoms with van der Waals surface area (Å²) < 4.78 is 0. The fraction of sp³-hybridized carbons (Fsp3) is 1.00. The van der Waals surface area contributed by atoms with Gasteiger partial charge in [-0.25, -0.2) is 0 Å². The molecule has 1 aliphatic heterocycles. The van der Waals surface area contributed by atoms with Crippen LogP contribution in [0.2, 0.25) is 0 Å². The van der Waals surface area contributed by atoms with Gasteiger partial charge in [-0.2, -0.15) is 0 Å². The summed E-state index contributed by atoms with van der Waals surface area (Å²) in [7, 11) is 0. The van der Waals surface area contributed by atoms with Gasteiger partial charge in [-0.1, -0.05) is 13.8 Å². The normalized spacial score (nSPS) is 27.7. The van der Waals surface area contributed by atoms with E-state index in [1.165, 1.54) is 25.9 Å². The molecule has 2 fully saturated rings. The van der Waals surface area contributed by atoms with Crippen LogP contribution < -0.4 is 5.73 Å². The van der Waals surface area contributed by atoms with Crippen molar-refractivity contribution in [2.75, 3.05) is 26.2 Å². The first-order valence-corrected chi connectivity index (χ1v) is 5.58. The molecule has 2 aliphatic rings. The second-order valence-corrected chi connectivity index (χ2v) is 5.41. The summed E-state index contributed by atoms with van der Waals surface area (Å²) in [4.78, 5) is 2.50. The van der Waals surface area contributed by atoms with Gasteiger partial charge in [0.1, 0.15) is 0 Å². The quantitative estimate of drug-likeness (QED) is 0.713. The Bertz CT molecular complexity index is 175. The van der Waals surface area contributed by atoms with Crippen LogP contribution in [0.5, 0.6) is 0 Å². The van der Waals surface area contributed by atoms with E-state index in [2.05, 4.69) is 18.7 Å². The van der Waals surface area contributed by atoms with Gasteiger partial charge in [-0.05, 0) is 30.1 Å². The standard InChI is InChI=1S/C11H22N2/c1-9(2)10-5-11(6-10)7-13(8-11)4-3-12/h9-10H,3-8,12H2,1-2H3. The predicted octanol–water partition coefficient (Wildman–Crippen LogP) is 1.31. The highest BCUT2D eigenvalue weighted by Crippen LogP contribution is 2.53. The molecule has 0 bridgehead atoms. The molecule has 0 atom stereocenters. The van der Waals surface area contributed by atoms with Gasteiger partial charge in [0.25, 0.3) is 0 Å². The lowest BCUT2D eigenvalue weighted by Crippen LogP contribution is -2.63. The van der Waals surface area contributed by atoms with Crippen molar-refractivity contribution in [1.29, 1.82) is 0 Å². The number of hydrogen-bond acceptors (Lipinski definition) is 2. The first kappa shape index (κ1) is 9.47. The summed E-state index contributed by atoms with van der Waals surface area (Å²) in [6.45, 7) is 9.29. The number of nitrogens with two attached hydrogens (primary N) is 1. The van der Waals surface area contributed by atoms with Crippen LogP contribution >= 0.6 is 0 Å². The summed E-state index contributed by atoms with van der Waals surface area (Å²) in [6.07, 6.45) is 2.96. The number of likely N-dealkylation sites (tertiary alicyclic amines) is 1. The van der Waals surface area contributed by atoms with Crippen molar-refractivity contribution in [3.05, 3.63) is 0 Å². The van der Waals surface area contributed by atoms with Crippen LogP contribution in [0.4, 0.5) is 0 Å². The molecule has 2 nitrogen and oxygen atoms in total. The number of nitrogens with zero attached hydrogens (tertiary/aromatic N) is 1. The van der Waals surface area contributed by atoms with Gasteiger partial charge < -0.3 is 10.6 Å². The summed E-state index contributed by atoms with van der Waals surface area (Å²) in [5.74, 6) is 1.91. The molecule has 0 aromatic rings. The van der Waals surface area contributed by atoms with Gasteiger partial charge in [0.15, 0.2) is 0 Å². The summed E-state index contributed by atoms with van der Waals surface area (Å²) in [5.41, 5.74) is 6.26. The summed E-state index contributed by atoms with van der Waals surface area (Å²) in [5, 5.41) is 0. The molecule has 0 radical (unpaired) electrons. The monoisotopic (exact) mass is 182 g/mol. The second-order valence-electron chi connectivity index (χ2n) is 5.41. The van der Waals surface area contributed by atoms with Gasteiger partial charge in [-0.15, -0.1) is 0 Å². The summed E-state index contributed by atoms with van der Waals surface area (Å²) in [6, 6.07) is 0. The molecule has 1 heterocycles. The van der Waals surface area contributed by atoms with Crippen molar-refractivity contribution in [3.8, 4) is 0 Å². The maximum absolute atomic E-state index is 5.52. The lowest BCUT2D eigenvalue weighted by Gasteiger charge is -2.60. The zero-order valence-corrected chi connectivity index (χ0v) is 8.92. The molecule has 2 heteroatoms. The predicted molar refractivity (Wildman–Crippen MR) is 55.5 cm³/mol. The first-order valence-electron chi connectivity index (χ1n) is 5.58. The Hall–Kier alpha value is -0.0800. The Balaban J connectivity index is 1.70. The zero-order valence-electron chi connectivity index (χ0n) is 8.92. The van der Waals surface area contributed by atoms with Crippen molar-refractivity contribution in [2.45, 2.75) is 26.7 Å². The van der Waals surface area contributed by atoms with Gasteiger partial charge in [0, 0.05) is 26.2 Å². The van der Waals surface area contributed by atoms with Crippen molar-refractivity contribution >= 4 is 0 Å². The van der Waals surface area contributed by atoms with E-state index < -0.39 is 0 Å². The molecule has 76 valence electrons. The van der Waals surface area contributed by atoms with Crippen LogP contribution in [0.3, 0.4) is 0 Å². The molecule has 1 saturated carbocycles. The SMILES string of the molecule is CC(C)C1CC2(C1)CN(CCN)C2. The Morgan fingerprint density at radius 3 is 2.46 bits per heavy atom. The highest BCUT2D eigenvalue weighted by Gasteiger charge is 2.52. The van der Waals surface area contributed by atoms with Crippen molar-refractivity contribution in [2.24, 2.45) is 23.0 Å². The highest BCUT2D eigenvalue weighted by atomic mass is 15.2. The third-order valence-corrected chi connectivity index (χ3v) is 3.90. The molecule has 0 aromatic heterocycles. The molecule has 13 heavy (non-hydrogen) atoms. The topological polar surface area (TPSA) is 29.3 Å². The van der Waals surface area contributed by atoms with Crippen LogP contribution in [0, 0.1) is 17.3 Å². The third-order valence-electron chi connectivity index (χ3n) is 3.90. The maximum Gasteiger partial charge on any atom is 0.0105 e. The third kappa shape index (κ3) is 1.62. The fourth-order valence-corrected chi connectivity index (χ4v) is 3.03. The molecule has 1 aliphatic carbocycles. The van der Waals surface area contributed by atoms with E-state index in [-0.39, 0.29) is 0 Å². The van der Waals surface area contributed by atoms with Crippen molar-refractivity contribution in [1.82, 2.24) is 4.90 Å². The fourth-order valence-electron chi connectivity index (χ4n) is 3.03. The lowest BCUT2D eigenvalue weighted by molar-refractivity contribution is -0.104. The average molecular weight is 182 g/mol. The van der Waals surface area contributed by atoms with Crippen LogP contribution in [-0.2, 0) is 0 Å². The van der Waals surface area contributed by atoms with Gasteiger partial charge in [0.05, 0.1) is 0 Å². The summed E-state index contributed by atoms with van der Waals surface area (Å²) >= 11 is 0. The van der Waals surface area contributed by atoms with Crippen LogP contribution in [0.25, 0.3) is 0 Å². The Morgan fingerprint density at radius 2 is 2.00 bits per heavy atom. The smallest absolute Gasteiger partial charge is 0.0105 e. The van der Waals surface area contributed by atoms with E-state index in [4.69, 9.17) is 5.73 Å². The Morgan fingerprint density at radius 1 is 1.38 bits per heavy atom. The zero-order chi connectivity index (χ0) is 9.47. The molecule has 2 rings (SSSR count). The van der Waals surface area contributed by atoms with E-state index in [1.807, 2.05) is 0 Å². The van der Waals surface area contributed by atoms with E-state index in [1.54, 1.807) is 0 Å². The van der Waals surface area contributed by atoms with Crippen molar-refractivity contribution in [3.63, 3.8) is 0 Å². The molecular weight excluding hydrogens is 160 g/mol. The Labute approximate surface area is 81.5 Å². The minimum absolute atomic E-state index is 0.740. The van der Waals surface area contributed by atoms with Gasteiger partial charge >= 0.3 is 0 Å². The van der Waals surface area contributed by atoms with Crippen molar-refractivity contribution < 1.29 is 0 Å².